The molecule has 1 aromatic carbocycles. The molecule has 0 bridgehead atoms. The molecule has 1 aromatic heterocycles. The molecular weight excluding hydrogens is 381 g/mol. The van der Waals surface area contributed by atoms with Gasteiger partial charge in [-0.1, -0.05) is 0 Å². The van der Waals surface area contributed by atoms with Gasteiger partial charge in [-0.25, -0.2) is 4.39 Å². The average molecular weight is 393 g/mol. The predicted octanol–water partition coefficient (Wildman–Crippen LogP) is 5.08. The van der Waals surface area contributed by atoms with Crippen molar-refractivity contribution in [2.45, 2.75) is 19.9 Å². The normalized spacial score (nSPS) is 12.8. The third kappa shape index (κ3) is 2.69. The van der Waals surface area contributed by atoms with E-state index in [9.17, 15) is 4.39 Å². The Hall–Kier alpha value is -0.230. The van der Waals surface area contributed by atoms with Gasteiger partial charge in [0.25, 0.3) is 0 Å². The second-order valence-electron chi connectivity index (χ2n) is 4.20. The van der Waals surface area contributed by atoms with Crippen LogP contribution in [0.25, 0.3) is 0 Å². The summed E-state index contributed by atoms with van der Waals surface area (Å²) in [6.45, 7) is 3.78. The van der Waals surface area contributed by atoms with Gasteiger partial charge >= 0.3 is 0 Å². The number of benzene rings is 1. The van der Waals surface area contributed by atoms with Crippen LogP contribution in [0.4, 0.5) is 4.39 Å². The van der Waals surface area contributed by atoms with E-state index in [4.69, 9.17) is 5.73 Å². The van der Waals surface area contributed by atoms with Gasteiger partial charge in [0.2, 0.25) is 0 Å². The van der Waals surface area contributed by atoms with Crippen LogP contribution in [-0.4, -0.2) is 0 Å². The summed E-state index contributed by atoms with van der Waals surface area (Å²) in [6, 6.07) is 4.83. The molecule has 2 N–H and O–H groups in total. The van der Waals surface area contributed by atoms with Gasteiger partial charge in [-0.15, -0.1) is 11.3 Å². The quantitative estimate of drug-likeness (QED) is 0.757. The lowest BCUT2D eigenvalue weighted by Gasteiger charge is -2.16. The number of nitrogens with two attached hydrogens (primary N) is 1. The van der Waals surface area contributed by atoms with Crippen LogP contribution in [0.15, 0.2) is 26.5 Å². The van der Waals surface area contributed by atoms with E-state index < -0.39 is 0 Å². The Balaban J connectivity index is 2.49. The first kappa shape index (κ1) is 14.2. The van der Waals surface area contributed by atoms with E-state index in [1.807, 2.05) is 19.9 Å². The first-order valence-electron chi connectivity index (χ1n) is 5.37. The molecule has 18 heavy (non-hydrogen) atoms. The molecule has 0 fully saturated rings. The second kappa shape index (κ2) is 5.41. The Morgan fingerprint density at radius 1 is 1.17 bits per heavy atom. The minimum absolute atomic E-state index is 0.213. The number of rotatable bonds is 2. The molecule has 1 unspecified atom stereocenters. The molecule has 1 heterocycles. The molecule has 1 nitrogen and oxygen atoms in total. The molecule has 0 saturated carbocycles. The van der Waals surface area contributed by atoms with Crippen LogP contribution in [0.5, 0.6) is 0 Å². The summed E-state index contributed by atoms with van der Waals surface area (Å²) in [5, 5.41) is 0. The number of hydrogen-bond donors (Lipinski definition) is 1. The van der Waals surface area contributed by atoms with E-state index in [1.165, 1.54) is 12.1 Å². The summed E-state index contributed by atoms with van der Waals surface area (Å²) >= 11 is 8.51. The summed E-state index contributed by atoms with van der Waals surface area (Å²) < 4.78 is 15.3. The Kier molecular flexibility index (Phi) is 4.26. The molecule has 96 valence electrons. The average Bonchev–Trinajstić information content (AvgIpc) is 2.57. The van der Waals surface area contributed by atoms with Crippen molar-refractivity contribution >= 4 is 43.2 Å². The molecule has 0 radical (unpaired) electrons. The molecule has 5 heteroatoms. The minimum Gasteiger partial charge on any atom is -0.320 e. The van der Waals surface area contributed by atoms with E-state index in [0.29, 0.717) is 0 Å². The van der Waals surface area contributed by atoms with Crippen molar-refractivity contribution < 1.29 is 4.39 Å². The summed E-state index contributed by atoms with van der Waals surface area (Å²) in [5.74, 6) is -0.213. The molecule has 0 amide bonds. The Labute approximate surface area is 126 Å². The van der Waals surface area contributed by atoms with Crippen molar-refractivity contribution in [3.63, 3.8) is 0 Å². The third-order valence-corrected chi connectivity index (χ3v) is 6.18. The number of halogens is 3. The van der Waals surface area contributed by atoms with Crippen molar-refractivity contribution in [3.05, 3.63) is 53.8 Å². The maximum absolute atomic E-state index is 13.3. The van der Waals surface area contributed by atoms with Crippen LogP contribution < -0.4 is 5.73 Å². The van der Waals surface area contributed by atoms with Gasteiger partial charge in [0.05, 0.1) is 9.83 Å². The smallest absolute Gasteiger partial charge is 0.123 e. The van der Waals surface area contributed by atoms with Crippen molar-refractivity contribution in [1.29, 1.82) is 0 Å². The van der Waals surface area contributed by atoms with Gasteiger partial charge in [-0.05, 0) is 80.6 Å². The van der Waals surface area contributed by atoms with E-state index in [0.717, 1.165) is 29.8 Å². The van der Waals surface area contributed by atoms with Gasteiger partial charge in [-0.3, -0.25) is 0 Å². The molecule has 0 aliphatic carbocycles. The SMILES string of the molecule is Cc1cc(F)cc(C)c1C(N)c1cc(Br)c(Br)s1. The van der Waals surface area contributed by atoms with Crippen LogP contribution in [0.2, 0.25) is 0 Å². The summed E-state index contributed by atoms with van der Waals surface area (Å²) in [4.78, 5) is 1.05. The highest BCUT2D eigenvalue weighted by Crippen LogP contribution is 2.38. The molecule has 2 rings (SSSR count). The number of hydrogen-bond acceptors (Lipinski definition) is 2. The minimum atomic E-state index is -0.224. The van der Waals surface area contributed by atoms with E-state index in [-0.39, 0.29) is 11.9 Å². The van der Waals surface area contributed by atoms with Crippen LogP contribution in [0, 0.1) is 19.7 Å². The van der Waals surface area contributed by atoms with Crippen LogP contribution >= 0.6 is 43.2 Å². The van der Waals surface area contributed by atoms with Crippen molar-refractivity contribution in [2.24, 2.45) is 5.73 Å². The van der Waals surface area contributed by atoms with Gasteiger partial charge in [0, 0.05) is 9.35 Å². The lowest BCUT2D eigenvalue weighted by molar-refractivity contribution is 0.623. The highest BCUT2D eigenvalue weighted by molar-refractivity contribution is 9.13. The van der Waals surface area contributed by atoms with Crippen LogP contribution in [0.3, 0.4) is 0 Å². The lowest BCUT2D eigenvalue weighted by atomic mass is 9.95. The Morgan fingerprint density at radius 2 is 1.72 bits per heavy atom. The Morgan fingerprint density at radius 3 is 2.17 bits per heavy atom. The summed E-state index contributed by atoms with van der Waals surface area (Å²) in [7, 11) is 0. The molecule has 0 aliphatic heterocycles. The van der Waals surface area contributed by atoms with Crippen LogP contribution in [-0.2, 0) is 0 Å². The van der Waals surface area contributed by atoms with E-state index >= 15 is 0 Å². The highest BCUT2D eigenvalue weighted by Gasteiger charge is 2.18. The molecule has 0 spiro atoms. The summed E-state index contributed by atoms with van der Waals surface area (Å²) in [6.07, 6.45) is 0. The summed E-state index contributed by atoms with van der Waals surface area (Å²) in [5.41, 5.74) is 9.07. The lowest BCUT2D eigenvalue weighted by Crippen LogP contribution is -2.13. The van der Waals surface area contributed by atoms with Gasteiger partial charge < -0.3 is 5.73 Å². The van der Waals surface area contributed by atoms with Crippen LogP contribution in [0.1, 0.15) is 27.6 Å². The van der Waals surface area contributed by atoms with Crippen molar-refractivity contribution in [1.82, 2.24) is 0 Å². The van der Waals surface area contributed by atoms with E-state index in [1.54, 1.807) is 11.3 Å². The number of thiophene rings is 1. The van der Waals surface area contributed by atoms with Crippen molar-refractivity contribution in [3.8, 4) is 0 Å². The van der Waals surface area contributed by atoms with Gasteiger partial charge in [0.15, 0.2) is 0 Å². The predicted molar refractivity (Wildman–Crippen MR) is 81.6 cm³/mol. The molecule has 0 aliphatic rings. The molecule has 0 saturated heterocycles. The largest absolute Gasteiger partial charge is 0.320 e. The maximum atomic E-state index is 13.3. The maximum Gasteiger partial charge on any atom is 0.123 e. The first-order chi connectivity index (χ1) is 8.40. The van der Waals surface area contributed by atoms with E-state index in [2.05, 4.69) is 31.9 Å². The molecule has 2 aromatic rings. The molecule has 1 atom stereocenters. The topological polar surface area (TPSA) is 26.0 Å². The zero-order chi connectivity index (χ0) is 13.4. The first-order valence-corrected chi connectivity index (χ1v) is 7.77. The zero-order valence-electron chi connectivity index (χ0n) is 9.93. The monoisotopic (exact) mass is 391 g/mol. The number of aryl methyl sites for hydroxylation is 2. The van der Waals surface area contributed by atoms with Gasteiger partial charge in [-0.2, -0.15) is 0 Å². The zero-order valence-corrected chi connectivity index (χ0v) is 13.9. The standard InChI is InChI=1S/C13H12Br2FNS/c1-6-3-8(16)4-7(2)11(6)12(17)10-5-9(14)13(15)18-10/h3-5,12H,17H2,1-2H3. The second-order valence-corrected chi connectivity index (χ2v) is 7.46. The van der Waals surface area contributed by atoms with Crippen molar-refractivity contribution in [2.75, 3.05) is 0 Å². The fourth-order valence-electron chi connectivity index (χ4n) is 2.07. The fraction of sp³-hybridized carbons (Fsp3) is 0.231. The fourth-order valence-corrected chi connectivity index (χ4v) is 4.17. The molecular formula is C13H12Br2FNS. The Bertz CT molecular complexity index is 552. The third-order valence-electron chi connectivity index (χ3n) is 2.84. The highest BCUT2D eigenvalue weighted by atomic mass is 79.9. The van der Waals surface area contributed by atoms with Gasteiger partial charge in [0.1, 0.15) is 5.82 Å².